The number of hydrogen-bond donors (Lipinski definition) is 1. The van der Waals surface area contributed by atoms with E-state index in [1.165, 1.54) is 0 Å². The summed E-state index contributed by atoms with van der Waals surface area (Å²) in [6.07, 6.45) is 0. The van der Waals surface area contributed by atoms with Crippen molar-refractivity contribution in [3.05, 3.63) is 0 Å². The molecule has 0 aliphatic heterocycles. The van der Waals surface area contributed by atoms with Gasteiger partial charge >= 0.3 is 26.8 Å². The van der Waals surface area contributed by atoms with Crippen LogP contribution >= 0.6 is 0 Å². The minimum absolute atomic E-state index is 0. The van der Waals surface area contributed by atoms with Gasteiger partial charge in [0.2, 0.25) is 0 Å². The SMILES string of the molecule is CCO.[Br-].[CH3][Mg+]. The predicted octanol–water partition coefficient (Wildman–Crippen LogP) is -2.79. The Morgan fingerprint density at radius 3 is 1.50 bits per heavy atom. The monoisotopic (exact) mass is 164 g/mol. The summed E-state index contributed by atoms with van der Waals surface area (Å²) in [5.74, 6) is 0. The second-order valence-electron chi connectivity index (χ2n) is 0.316. The molecule has 0 fully saturated rings. The van der Waals surface area contributed by atoms with Crippen molar-refractivity contribution >= 4 is 21.7 Å². The molecule has 0 heterocycles. The molecule has 1 nitrogen and oxygen atoms in total. The fraction of sp³-hybridized carbons (Fsp3) is 1.00. The zero-order valence-corrected chi connectivity index (χ0v) is 7.24. The molecule has 0 aromatic rings. The molecule has 0 atom stereocenters. The summed E-state index contributed by atoms with van der Waals surface area (Å²) in [6.45, 7) is 1.93. The summed E-state index contributed by atoms with van der Waals surface area (Å²) >= 11 is 1.86. The first-order chi connectivity index (χ1) is 2.41. The van der Waals surface area contributed by atoms with Gasteiger partial charge in [-0.2, -0.15) is 0 Å². The van der Waals surface area contributed by atoms with Crippen LogP contribution in [0, 0.1) is 0 Å². The fourth-order valence-electron chi connectivity index (χ4n) is 0. The van der Waals surface area contributed by atoms with Crippen LogP contribution in [0.4, 0.5) is 0 Å². The molecule has 6 heavy (non-hydrogen) atoms. The van der Waals surface area contributed by atoms with Gasteiger partial charge in [0.25, 0.3) is 0 Å². The minimum atomic E-state index is 0. The Labute approximate surface area is 62.3 Å². The normalized spacial score (nSPS) is 4.17. The first kappa shape index (κ1) is 15.7. The van der Waals surface area contributed by atoms with Crippen LogP contribution < -0.4 is 17.0 Å². The van der Waals surface area contributed by atoms with E-state index in [2.05, 4.69) is 0 Å². The van der Waals surface area contributed by atoms with Crippen molar-refractivity contribution in [3.63, 3.8) is 0 Å². The van der Waals surface area contributed by atoms with Gasteiger partial charge in [-0.15, -0.1) is 0 Å². The first-order valence-corrected chi connectivity index (χ1v) is 3.14. The van der Waals surface area contributed by atoms with E-state index in [0.29, 0.717) is 0 Å². The van der Waals surface area contributed by atoms with E-state index in [0.717, 1.165) is 0 Å². The average molecular weight is 165 g/mol. The maximum absolute atomic E-state index is 7.57. The summed E-state index contributed by atoms with van der Waals surface area (Å²) in [5, 5.41) is 9.60. The fourth-order valence-corrected chi connectivity index (χ4v) is 0. The van der Waals surface area contributed by atoms with Crippen LogP contribution in [-0.2, 0) is 0 Å². The molecule has 3 heteroatoms. The Hall–Kier alpha value is 1.21. The summed E-state index contributed by atoms with van der Waals surface area (Å²) < 4.78 is 0. The molecular weight excluding hydrogens is 156 g/mol. The van der Waals surface area contributed by atoms with Crippen LogP contribution in [0.25, 0.3) is 0 Å². The van der Waals surface area contributed by atoms with E-state index in [9.17, 15) is 0 Å². The summed E-state index contributed by atoms with van der Waals surface area (Å²) in [7, 11) is 0. The number of hydrogen-bond acceptors (Lipinski definition) is 1. The van der Waals surface area contributed by atoms with Crippen molar-refractivity contribution in [3.8, 4) is 0 Å². The molecule has 0 radical (unpaired) electrons. The summed E-state index contributed by atoms with van der Waals surface area (Å²) in [4.78, 5) is 0. The Bertz CT molecular complexity index is 10.8. The molecule has 0 aliphatic carbocycles. The molecule has 0 bridgehead atoms. The molecule has 0 aromatic carbocycles. The van der Waals surface area contributed by atoms with Gasteiger partial charge in [0.05, 0.1) is 0 Å². The molecule has 0 rings (SSSR count). The van der Waals surface area contributed by atoms with Gasteiger partial charge in [-0.1, -0.05) is 0 Å². The van der Waals surface area contributed by atoms with Crippen LogP contribution in [0.15, 0.2) is 0 Å². The standard InChI is InChI=1S/C2H6O.CH3.BrH.Mg/c1-2-3;;;/h3H,2H2,1H3;1H3;1H;/q;;;+1/p-1. The number of rotatable bonds is 0. The molecule has 0 aromatic heterocycles. The van der Waals surface area contributed by atoms with E-state index in [-0.39, 0.29) is 23.6 Å². The first-order valence-electron chi connectivity index (χ1n) is 1.73. The zero-order chi connectivity index (χ0) is 4.71. The number of aliphatic hydroxyl groups excluding tert-OH is 1. The summed E-state index contributed by atoms with van der Waals surface area (Å²) in [5.41, 5.74) is 0. The van der Waals surface area contributed by atoms with Crippen molar-refractivity contribution in [1.82, 2.24) is 0 Å². The maximum atomic E-state index is 7.57. The molecule has 0 saturated carbocycles. The number of aliphatic hydroxyl groups is 1. The van der Waals surface area contributed by atoms with Crippen LogP contribution in [0.1, 0.15) is 6.92 Å². The van der Waals surface area contributed by atoms with E-state index < -0.39 is 0 Å². The van der Waals surface area contributed by atoms with Gasteiger partial charge in [0.1, 0.15) is 0 Å². The Morgan fingerprint density at radius 2 is 1.50 bits per heavy atom. The Kier molecular flexibility index (Phi) is 90.4. The van der Waals surface area contributed by atoms with E-state index in [1.54, 1.807) is 6.92 Å². The van der Waals surface area contributed by atoms with Crippen molar-refractivity contribution < 1.29 is 22.1 Å². The molecule has 36 valence electrons. The Morgan fingerprint density at radius 1 is 1.50 bits per heavy atom. The van der Waals surface area contributed by atoms with Gasteiger partial charge in [-0.25, -0.2) is 0 Å². The molecule has 0 unspecified atom stereocenters. The average Bonchev–Trinajstić information content (AvgIpc) is 1.46. The Balaban J connectivity index is -0.0000000275. The van der Waals surface area contributed by atoms with Crippen molar-refractivity contribution in [2.24, 2.45) is 0 Å². The van der Waals surface area contributed by atoms with Crippen LogP contribution in [0.5, 0.6) is 0 Å². The third-order valence-electron chi connectivity index (χ3n) is 0. The van der Waals surface area contributed by atoms with E-state index in [4.69, 9.17) is 5.11 Å². The van der Waals surface area contributed by atoms with Crippen molar-refractivity contribution in [1.29, 1.82) is 0 Å². The third-order valence-corrected chi connectivity index (χ3v) is 0. The van der Waals surface area contributed by atoms with Gasteiger partial charge in [0, 0.05) is 6.61 Å². The summed E-state index contributed by atoms with van der Waals surface area (Å²) in [6, 6.07) is 0. The molecule has 0 amide bonds. The zero-order valence-electron chi connectivity index (χ0n) is 4.24. The molecule has 0 saturated heterocycles. The van der Waals surface area contributed by atoms with Gasteiger partial charge in [-0.3, -0.25) is 0 Å². The van der Waals surface area contributed by atoms with Crippen LogP contribution in [-0.4, -0.2) is 33.4 Å². The van der Waals surface area contributed by atoms with Gasteiger partial charge in [-0.05, 0) is 6.92 Å². The van der Waals surface area contributed by atoms with E-state index >= 15 is 0 Å². The topological polar surface area (TPSA) is 20.2 Å². The molecule has 1 N–H and O–H groups in total. The second-order valence-corrected chi connectivity index (χ2v) is 0.316. The van der Waals surface area contributed by atoms with Crippen LogP contribution in [0.3, 0.4) is 0 Å². The molecule has 0 spiro atoms. The molecule has 0 aliphatic rings. The second kappa shape index (κ2) is 34.6. The predicted molar refractivity (Wildman–Crippen MR) is 24.4 cm³/mol. The number of halogens is 1. The third kappa shape index (κ3) is 63.3. The van der Waals surface area contributed by atoms with Gasteiger partial charge < -0.3 is 22.1 Å². The molecular formula is C3H9BrMgO. The van der Waals surface area contributed by atoms with Crippen molar-refractivity contribution in [2.45, 2.75) is 12.0 Å². The van der Waals surface area contributed by atoms with Gasteiger partial charge in [0.15, 0.2) is 0 Å². The van der Waals surface area contributed by atoms with Crippen molar-refractivity contribution in [2.75, 3.05) is 6.61 Å². The van der Waals surface area contributed by atoms with Crippen LogP contribution in [0.2, 0.25) is 5.05 Å². The quantitative estimate of drug-likeness (QED) is 0.385. The van der Waals surface area contributed by atoms with E-state index in [1.807, 2.05) is 26.8 Å².